The number of methoxy groups -OCH3 is 2. The van der Waals surface area contributed by atoms with E-state index in [-0.39, 0.29) is 5.91 Å². The Balaban J connectivity index is 1.73. The van der Waals surface area contributed by atoms with Crippen LogP contribution in [-0.4, -0.2) is 38.0 Å². The third kappa shape index (κ3) is 5.62. The van der Waals surface area contributed by atoms with Gasteiger partial charge in [0.2, 0.25) is 5.91 Å². The molecule has 1 saturated carbocycles. The largest absolute Gasteiger partial charge is 0.493 e. The van der Waals surface area contributed by atoms with E-state index in [1.54, 1.807) is 26.0 Å². The van der Waals surface area contributed by atoms with E-state index in [1.165, 1.54) is 0 Å². The van der Waals surface area contributed by atoms with Gasteiger partial charge in [0.25, 0.3) is 0 Å². The summed E-state index contributed by atoms with van der Waals surface area (Å²) in [7, 11) is 3.24. The fourth-order valence-electron chi connectivity index (χ4n) is 2.73. The molecule has 0 heterocycles. The summed E-state index contributed by atoms with van der Waals surface area (Å²) in [6, 6.07) is 6.40. The number of amides is 1. The number of nitrogens with one attached hydrogen (secondary N) is 1. The molecule has 1 aliphatic rings. The third-order valence-corrected chi connectivity index (χ3v) is 5.09. The van der Waals surface area contributed by atoms with Gasteiger partial charge < -0.3 is 20.5 Å². The number of carbonyl (C=O) groups is 1. The van der Waals surface area contributed by atoms with E-state index in [9.17, 15) is 4.79 Å². The van der Waals surface area contributed by atoms with Crippen molar-refractivity contribution < 1.29 is 14.3 Å². The Hall–Kier alpha value is -1.40. The number of thioether (sulfide) groups is 1. The maximum Gasteiger partial charge on any atom is 0.221 e. The second-order valence-electron chi connectivity index (χ2n) is 5.79. The average Bonchev–Trinajstić information content (AvgIpc) is 2.56. The second kappa shape index (κ2) is 9.03. The summed E-state index contributed by atoms with van der Waals surface area (Å²) in [6.45, 7) is 0. The first kappa shape index (κ1) is 17.9. The first-order valence-corrected chi connectivity index (χ1v) is 9.00. The normalized spacial score (nSPS) is 20.8. The van der Waals surface area contributed by atoms with Gasteiger partial charge >= 0.3 is 0 Å². The van der Waals surface area contributed by atoms with Gasteiger partial charge in [0.05, 0.1) is 14.2 Å². The summed E-state index contributed by atoms with van der Waals surface area (Å²) in [6.07, 6.45) is 4.52. The molecule has 0 aromatic heterocycles. The molecule has 128 valence electrons. The number of carbonyl (C=O) groups excluding carboxylic acids is 1. The molecule has 23 heavy (non-hydrogen) atoms. The Morgan fingerprint density at radius 1 is 1.22 bits per heavy atom. The number of rotatable bonds is 7. The van der Waals surface area contributed by atoms with Crippen molar-refractivity contribution in [2.75, 3.05) is 20.0 Å². The van der Waals surface area contributed by atoms with Gasteiger partial charge in [-0.2, -0.15) is 0 Å². The zero-order chi connectivity index (χ0) is 16.7. The number of nitrogens with two attached hydrogens (primary N) is 1. The number of ether oxygens (including phenoxy) is 2. The molecule has 2 rings (SSSR count). The predicted octanol–water partition coefficient (Wildman–Crippen LogP) is 2.57. The maximum atomic E-state index is 12.0. The van der Waals surface area contributed by atoms with Crippen LogP contribution in [0.2, 0.25) is 0 Å². The summed E-state index contributed by atoms with van der Waals surface area (Å²) in [5, 5.41) is 3.11. The van der Waals surface area contributed by atoms with Crippen molar-refractivity contribution >= 4 is 17.7 Å². The highest BCUT2D eigenvalue weighted by Gasteiger charge is 2.19. The van der Waals surface area contributed by atoms with Crippen molar-refractivity contribution in [1.82, 2.24) is 5.32 Å². The topological polar surface area (TPSA) is 73.6 Å². The SMILES string of the molecule is COc1ccc(SCCC(=O)NC2CCC(N)CC2)cc1OC. The highest BCUT2D eigenvalue weighted by atomic mass is 32.2. The summed E-state index contributed by atoms with van der Waals surface area (Å²) in [4.78, 5) is 13.1. The van der Waals surface area contributed by atoms with Crippen molar-refractivity contribution in [1.29, 1.82) is 0 Å². The van der Waals surface area contributed by atoms with Crippen molar-refractivity contribution in [2.45, 2.75) is 49.1 Å². The van der Waals surface area contributed by atoms with Crippen LogP contribution in [0.15, 0.2) is 23.1 Å². The molecule has 5 nitrogen and oxygen atoms in total. The van der Waals surface area contributed by atoms with Crippen LogP contribution >= 0.6 is 11.8 Å². The zero-order valence-electron chi connectivity index (χ0n) is 13.8. The van der Waals surface area contributed by atoms with E-state index in [4.69, 9.17) is 15.2 Å². The molecule has 0 saturated heterocycles. The van der Waals surface area contributed by atoms with Gasteiger partial charge in [-0.05, 0) is 43.9 Å². The lowest BCUT2D eigenvalue weighted by Crippen LogP contribution is -2.40. The Kier molecular flexibility index (Phi) is 7.05. The van der Waals surface area contributed by atoms with Gasteiger partial charge in [0.15, 0.2) is 11.5 Å². The molecule has 0 aliphatic heterocycles. The molecular weight excluding hydrogens is 312 g/mol. The smallest absolute Gasteiger partial charge is 0.221 e. The number of benzene rings is 1. The third-order valence-electron chi connectivity index (χ3n) is 4.09. The van der Waals surface area contributed by atoms with Crippen molar-refractivity contribution in [3.63, 3.8) is 0 Å². The first-order valence-electron chi connectivity index (χ1n) is 8.02. The fraction of sp³-hybridized carbons (Fsp3) is 0.588. The van der Waals surface area contributed by atoms with Crippen LogP contribution in [-0.2, 0) is 4.79 Å². The highest BCUT2D eigenvalue weighted by molar-refractivity contribution is 7.99. The van der Waals surface area contributed by atoms with Crippen LogP contribution in [0.4, 0.5) is 0 Å². The Morgan fingerprint density at radius 3 is 2.57 bits per heavy atom. The molecule has 6 heteroatoms. The molecular formula is C17H26N2O3S. The lowest BCUT2D eigenvalue weighted by Gasteiger charge is -2.26. The fourth-order valence-corrected chi connectivity index (χ4v) is 3.61. The molecule has 1 aromatic rings. The van der Waals surface area contributed by atoms with Gasteiger partial charge in [-0.25, -0.2) is 0 Å². The zero-order valence-corrected chi connectivity index (χ0v) is 14.7. The van der Waals surface area contributed by atoms with E-state index in [0.29, 0.717) is 30.0 Å². The molecule has 1 fully saturated rings. The average molecular weight is 338 g/mol. The predicted molar refractivity (Wildman–Crippen MR) is 93.3 cm³/mol. The first-order chi connectivity index (χ1) is 11.1. The molecule has 1 aliphatic carbocycles. The molecule has 0 atom stereocenters. The van der Waals surface area contributed by atoms with Gasteiger partial charge in [0, 0.05) is 29.2 Å². The van der Waals surface area contributed by atoms with Crippen LogP contribution in [0.3, 0.4) is 0 Å². The Morgan fingerprint density at radius 2 is 1.91 bits per heavy atom. The van der Waals surface area contributed by atoms with Crippen LogP contribution in [0, 0.1) is 0 Å². The minimum atomic E-state index is 0.124. The molecule has 0 spiro atoms. The van der Waals surface area contributed by atoms with E-state index in [1.807, 2.05) is 18.2 Å². The molecule has 1 amide bonds. The minimum Gasteiger partial charge on any atom is -0.493 e. The van der Waals surface area contributed by atoms with E-state index in [0.717, 1.165) is 36.3 Å². The summed E-state index contributed by atoms with van der Waals surface area (Å²) in [5.41, 5.74) is 5.88. The van der Waals surface area contributed by atoms with Gasteiger partial charge in [0.1, 0.15) is 0 Å². The number of hydrogen-bond donors (Lipinski definition) is 2. The summed E-state index contributed by atoms with van der Waals surface area (Å²) < 4.78 is 10.5. The van der Waals surface area contributed by atoms with Gasteiger partial charge in [-0.1, -0.05) is 0 Å². The highest BCUT2D eigenvalue weighted by Crippen LogP contribution is 2.32. The van der Waals surface area contributed by atoms with Crippen LogP contribution in [0.1, 0.15) is 32.1 Å². The van der Waals surface area contributed by atoms with Crippen LogP contribution < -0.4 is 20.5 Å². The van der Waals surface area contributed by atoms with Crippen molar-refractivity contribution in [2.24, 2.45) is 5.73 Å². The van der Waals surface area contributed by atoms with Crippen molar-refractivity contribution in [3.05, 3.63) is 18.2 Å². The second-order valence-corrected chi connectivity index (χ2v) is 6.96. The van der Waals surface area contributed by atoms with E-state index in [2.05, 4.69) is 5.32 Å². The lowest BCUT2D eigenvalue weighted by atomic mass is 9.92. The molecule has 0 bridgehead atoms. The molecule has 0 radical (unpaired) electrons. The summed E-state index contributed by atoms with van der Waals surface area (Å²) >= 11 is 1.64. The standard InChI is InChI=1S/C17H26N2O3S/c1-21-15-8-7-14(11-16(15)22-2)23-10-9-17(20)19-13-5-3-12(18)4-6-13/h7-8,11-13H,3-6,9-10,18H2,1-2H3,(H,19,20). The Bertz CT molecular complexity index is 517. The maximum absolute atomic E-state index is 12.0. The quantitative estimate of drug-likeness (QED) is 0.748. The van der Waals surface area contributed by atoms with E-state index >= 15 is 0 Å². The molecule has 3 N–H and O–H groups in total. The lowest BCUT2D eigenvalue weighted by molar-refractivity contribution is -0.121. The van der Waals surface area contributed by atoms with Crippen LogP contribution in [0.5, 0.6) is 11.5 Å². The summed E-state index contributed by atoms with van der Waals surface area (Å²) in [5.74, 6) is 2.29. The minimum absolute atomic E-state index is 0.124. The monoisotopic (exact) mass is 338 g/mol. The Labute approximate surface area is 142 Å². The molecule has 1 aromatic carbocycles. The number of hydrogen-bond acceptors (Lipinski definition) is 5. The van der Waals surface area contributed by atoms with Gasteiger partial charge in [-0.15, -0.1) is 11.8 Å². The molecule has 0 unspecified atom stereocenters. The van der Waals surface area contributed by atoms with E-state index < -0.39 is 0 Å². The van der Waals surface area contributed by atoms with Crippen LogP contribution in [0.25, 0.3) is 0 Å². The van der Waals surface area contributed by atoms with Crippen molar-refractivity contribution in [3.8, 4) is 11.5 Å². The van der Waals surface area contributed by atoms with Gasteiger partial charge in [-0.3, -0.25) is 4.79 Å².